The Morgan fingerprint density at radius 2 is 1.61 bits per heavy atom. The summed E-state index contributed by atoms with van der Waals surface area (Å²) < 4.78 is 11.7. The highest BCUT2D eigenvalue weighted by atomic mass is 16.5. The maximum Gasteiger partial charge on any atom is 0.183 e. The van der Waals surface area contributed by atoms with Gasteiger partial charge in [0.15, 0.2) is 6.23 Å². The Morgan fingerprint density at radius 1 is 0.859 bits per heavy atom. The Bertz CT molecular complexity index is 2720. The lowest BCUT2D eigenvalue weighted by Crippen LogP contribution is -2.33. The van der Waals surface area contributed by atoms with Gasteiger partial charge >= 0.3 is 0 Å². The number of para-hydroxylation sites is 3. The smallest absolute Gasteiger partial charge is 0.183 e. The molecule has 5 aromatic carbocycles. The normalized spacial score (nSPS) is 17.2. The van der Waals surface area contributed by atoms with E-state index in [1.165, 1.54) is 33.4 Å². The molecule has 3 aliphatic rings. The van der Waals surface area contributed by atoms with Crippen LogP contribution in [-0.4, -0.2) is 19.9 Å². The number of anilines is 3. The van der Waals surface area contributed by atoms with Crippen LogP contribution in [0.1, 0.15) is 60.4 Å². The molecule has 1 fully saturated rings. The first-order valence-electron chi connectivity index (χ1n) is 22.2. The SMILES string of the molecule is C=CC(=C=C/C=C1\CN(c2ccccc2)C2Oc3ccccc3C12)/C(=C1\C=CC=CC1)c1ccccc1Cc1ccc(C(=C)C/C=C\C=C/C(=C)OC)c(Nc2ccccc2)c1.CC. The number of methoxy groups -OCH3 is 1. The Hall–Kier alpha value is -7.52. The molecule has 1 aliphatic carbocycles. The van der Waals surface area contributed by atoms with Gasteiger partial charge in [-0.15, -0.1) is 5.73 Å². The summed E-state index contributed by atoms with van der Waals surface area (Å²) in [6.45, 7) is 17.5. The molecule has 0 aromatic heterocycles. The van der Waals surface area contributed by atoms with Gasteiger partial charge in [-0.25, -0.2) is 0 Å². The quantitative estimate of drug-likeness (QED) is 0.0647. The van der Waals surface area contributed by atoms with E-state index in [4.69, 9.17) is 9.47 Å². The third-order valence-corrected chi connectivity index (χ3v) is 11.5. The Balaban J connectivity index is 0.00000302. The molecule has 2 atom stereocenters. The molecule has 1 N–H and O–H groups in total. The van der Waals surface area contributed by atoms with Crippen molar-refractivity contribution in [3.05, 3.63) is 270 Å². The molecule has 0 bridgehead atoms. The fraction of sp³-hybridized carbons (Fsp3) is 0.150. The average molecular weight is 839 g/mol. The lowest BCUT2D eigenvalue weighted by molar-refractivity contribution is 0.231. The Kier molecular flexibility index (Phi) is 15.3. The third-order valence-electron chi connectivity index (χ3n) is 11.5. The number of rotatable bonds is 15. The van der Waals surface area contributed by atoms with Crippen LogP contribution in [0.4, 0.5) is 17.1 Å². The highest BCUT2D eigenvalue weighted by Gasteiger charge is 2.46. The van der Waals surface area contributed by atoms with Crippen LogP contribution in [0.2, 0.25) is 0 Å². The predicted octanol–water partition coefficient (Wildman–Crippen LogP) is 15.2. The predicted molar refractivity (Wildman–Crippen MR) is 272 cm³/mol. The van der Waals surface area contributed by atoms with Gasteiger partial charge in [0.25, 0.3) is 0 Å². The van der Waals surface area contributed by atoms with Gasteiger partial charge in [0, 0.05) is 45.9 Å². The van der Waals surface area contributed by atoms with Crippen molar-refractivity contribution in [3.63, 3.8) is 0 Å². The first kappa shape index (κ1) is 44.5. The van der Waals surface area contributed by atoms with Gasteiger partial charge in [0.05, 0.1) is 13.0 Å². The van der Waals surface area contributed by atoms with Crippen LogP contribution in [0.3, 0.4) is 0 Å². The molecule has 0 amide bonds. The van der Waals surface area contributed by atoms with Crippen molar-refractivity contribution >= 4 is 28.2 Å². The number of hydrogen-bond donors (Lipinski definition) is 1. The zero-order chi connectivity index (χ0) is 44.7. The minimum Gasteiger partial charge on any atom is -0.497 e. The number of allylic oxidation sites excluding steroid dienone is 14. The van der Waals surface area contributed by atoms with Crippen LogP contribution in [0.5, 0.6) is 5.75 Å². The van der Waals surface area contributed by atoms with Gasteiger partial charge in [-0.1, -0.05) is 179 Å². The molecule has 2 aliphatic heterocycles. The summed E-state index contributed by atoms with van der Waals surface area (Å²) >= 11 is 0. The first-order valence-corrected chi connectivity index (χ1v) is 22.2. The number of benzene rings is 5. The molecule has 8 rings (SSSR count). The van der Waals surface area contributed by atoms with Crippen LogP contribution in [0.25, 0.3) is 11.1 Å². The van der Waals surface area contributed by atoms with Gasteiger partial charge in [0.2, 0.25) is 0 Å². The number of nitrogens with one attached hydrogen (secondary N) is 1. The van der Waals surface area contributed by atoms with Gasteiger partial charge in [-0.3, -0.25) is 0 Å². The number of hydrogen-bond acceptors (Lipinski definition) is 4. The minimum absolute atomic E-state index is 0.0942. The summed E-state index contributed by atoms with van der Waals surface area (Å²) in [5.74, 6) is 1.70. The second-order valence-corrected chi connectivity index (χ2v) is 15.5. The topological polar surface area (TPSA) is 33.7 Å². The van der Waals surface area contributed by atoms with Crippen LogP contribution >= 0.6 is 0 Å². The number of ether oxygens (including phenoxy) is 2. The van der Waals surface area contributed by atoms with Crippen LogP contribution in [0.15, 0.2) is 242 Å². The lowest BCUT2D eigenvalue weighted by atomic mass is 9.85. The molecule has 0 spiro atoms. The number of fused-ring (bicyclic) bond motifs is 3. The molecule has 4 heteroatoms. The van der Waals surface area contributed by atoms with Crippen molar-refractivity contribution in [2.45, 2.75) is 45.3 Å². The van der Waals surface area contributed by atoms with E-state index in [1.807, 2.05) is 62.4 Å². The van der Waals surface area contributed by atoms with Gasteiger partial charge in [-0.2, -0.15) is 0 Å². The molecule has 2 heterocycles. The second kappa shape index (κ2) is 22.0. The van der Waals surface area contributed by atoms with Crippen molar-refractivity contribution in [1.82, 2.24) is 0 Å². The van der Waals surface area contributed by atoms with E-state index in [2.05, 4.69) is 181 Å². The molecular weight excluding hydrogens is 781 g/mol. The Morgan fingerprint density at radius 3 is 2.38 bits per heavy atom. The fourth-order valence-corrected chi connectivity index (χ4v) is 8.44. The van der Waals surface area contributed by atoms with E-state index in [-0.39, 0.29) is 12.1 Å². The summed E-state index contributed by atoms with van der Waals surface area (Å²) in [5.41, 5.74) is 18.4. The zero-order valence-corrected chi connectivity index (χ0v) is 37.3. The Labute approximate surface area is 381 Å². The summed E-state index contributed by atoms with van der Waals surface area (Å²) in [6, 6.07) is 44.7. The molecule has 1 saturated heterocycles. The van der Waals surface area contributed by atoms with Crippen molar-refractivity contribution < 1.29 is 9.47 Å². The fourth-order valence-electron chi connectivity index (χ4n) is 8.44. The molecule has 64 heavy (non-hydrogen) atoms. The average Bonchev–Trinajstić information content (AvgIpc) is 3.90. The zero-order valence-electron chi connectivity index (χ0n) is 37.3. The molecule has 2 unspecified atom stereocenters. The maximum atomic E-state index is 6.59. The molecule has 320 valence electrons. The maximum absolute atomic E-state index is 6.59. The minimum atomic E-state index is -0.0942. The molecule has 5 aromatic rings. The third kappa shape index (κ3) is 10.6. The highest BCUT2D eigenvalue weighted by Crippen LogP contribution is 2.49. The molecule has 4 nitrogen and oxygen atoms in total. The molecular formula is C60H58N2O2. The van der Waals surface area contributed by atoms with Gasteiger partial charge < -0.3 is 19.7 Å². The van der Waals surface area contributed by atoms with Crippen LogP contribution in [-0.2, 0) is 11.2 Å². The molecule has 0 saturated carbocycles. The summed E-state index contributed by atoms with van der Waals surface area (Å²) in [7, 11) is 1.62. The summed E-state index contributed by atoms with van der Waals surface area (Å²) in [5, 5.41) is 3.70. The van der Waals surface area contributed by atoms with E-state index < -0.39 is 0 Å². The van der Waals surface area contributed by atoms with Crippen LogP contribution < -0.4 is 15.0 Å². The van der Waals surface area contributed by atoms with Crippen molar-refractivity contribution in [2.75, 3.05) is 23.9 Å². The van der Waals surface area contributed by atoms with E-state index >= 15 is 0 Å². The molecule has 0 radical (unpaired) electrons. The van der Waals surface area contributed by atoms with Crippen molar-refractivity contribution in [1.29, 1.82) is 0 Å². The van der Waals surface area contributed by atoms with E-state index in [9.17, 15) is 0 Å². The largest absolute Gasteiger partial charge is 0.497 e. The van der Waals surface area contributed by atoms with E-state index in [0.29, 0.717) is 12.2 Å². The standard InChI is InChI=1S/C58H52N2O2.C2H6/c1-5-45(28-22-29-48-41-60(50-32-16-9-17-33-50)58-57(48)53-35-20-21-36-55(53)62-58)56(46-25-12-7-13-26-46)52-34-19-18-27-47(52)39-44-37-38-51(42(2)23-10-6-11-24-43(3)61-4)54(40-44)59-49-30-14-8-15-31-49;1-2/h5-22,24-25,27,29-38,40,57-59H,1-3,23,26,39,41H2,4H3;1-2H3/b10-6-,24-11-,48-29+,56-46-;. The van der Waals surface area contributed by atoms with E-state index in [1.54, 1.807) is 7.11 Å². The van der Waals surface area contributed by atoms with Crippen molar-refractivity contribution in [3.8, 4) is 5.75 Å². The van der Waals surface area contributed by atoms with Crippen LogP contribution in [0, 0.1) is 0 Å². The second-order valence-electron chi connectivity index (χ2n) is 15.5. The summed E-state index contributed by atoms with van der Waals surface area (Å²) in [4.78, 5) is 2.37. The van der Waals surface area contributed by atoms with Crippen molar-refractivity contribution in [2.24, 2.45) is 0 Å². The summed E-state index contributed by atoms with van der Waals surface area (Å²) in [6.07, 6.45) is 25.0. The monoisotopic (exact) mass is 838 g/mol. The number of nitrogens with zero attached hydrogens (tertiary/aromatic N) is 1. The first-order chi connectivity index (χ1) is 31.5. The lowest BCUT2D eigenvalue weighted by Gasteiger charge is -2.25. The van der Waals surface area contributed by atoms with Gasteiger partial charge in [-0.05, 0) is 101 Å². The van der Waals surface area contributed by atoms with Gasteiger partial charge in [0.1, 0.15) is 11.5 Å². The highest BCUT2D eigenvalue weighted by molar-refractivity contribution is 5.87. The van der Waals surface area contributed by atoms with E-state index in [0.717, 1.165) is 64.5 Å².